The highest BCUT2D eigenvalue weighted by atomic mass is 16.5. The first-order valence-corrected chi connectivity index (χ1v) is 10.7. The van der Waals surface area contributed by atoms with Gasteiger partial charge >= 0.3 is 0 Å². The van der Waals surface area contributed by atoms with Crippen LogP contribution in [0.3, 0.4) is 0 Å². The van der Waals surface area contributed by atoms with E-state index in [-0.39, 0.29) is 17.7 Å². The second-order valence-corrected chi connectivity index (χ2v) is 8.40. The molecule has 6 nitrogen and oxygen atoms in total. The Labute approximate surface area is 171 Å². The zero-order chi connectivity index (χ0) is 20.4. The molecule has 1 saturated heterocycles. The quantitative estimate of drug-likeness (QED) is 0.829. The van der Waals surface area contributed by atoms with E-state index in [9.17, 15) is 9.59 Å². The molecule has 1 aliphatic carbocycles. The number of furan rings is 1. The molecule has 156 valence electrons. The van der Waals surface area contributed by atoms with Gasteiger partial charge in [0.2, 0.25) is 5.91 Å². The second kappa shape index (κ2) is 8.47. The normalized spacial score (nSPS) is 20.2. The zero-order valence-corrected chi connectivity index (χ0v) is 17.3. The lowest BCUT2D eigenvalue weighted by atomic mass is 9.97. The van der Waals surface area contributed by atoms with Crippen molar-refractivity contribution in [2.24, 2.45) is 11.8 Å². The molecule has 0 bridgehead atoms. The number of nitrogens with zero attached hydrogens (tertiary/aromatic N) is 1. The number of carbonyl (C=O) groups is 2. The van der Waals surface area contributed by atoms with Gasteiger partial charge in [-0.25, -0.2) is 0 Å². The van der Waals surface area contributed by atoms with Crippen molar-refractivity contribution in [3.05, 3.63) is 29.5 Å². The zero-order valence-electron chi connectivity index (χ0n) is 17.3. The number of hydrogen-bond acceptors (Lipinski definition) is 4. The summed E-state index contributed by atoms with van der Waals surface area (Å²) >= 11 is 0. The monoisotopic (exact) mass is 398 g/mol. The number of fused-ring (bicyclic) bond motifs is 1. The maximum absolute atomic E-state index is 13.2. The van der Waals surface area contributed by atoms with Crippen LogP contribution in [-0.4, -0.2) is 43.5 Å². The fourth-order valence-electron chi connectivity index (χ4n) is 4.67. The van der Waals surface area contributed by atoms with Gasteiger partial charge in [0, 0.05) is 42.6 Å². The Morgan fingerprint density at radius 1 is 1.21 bits per heavy atom. The van der Waals surface area contributed by atoms with E-state index >= 15 is 0 Å². The predicted molar refractivity (Wildman–Crippen MR) is 111 cm³/mol. The fraction of sp³-hybridized carbons (Fsp3) is 0.565. The molecule has 2 heterocycles. The van der Waals surface area contributed by atoms with Gasteiger partial charge in [0.1, 0.15) is 11.3 Å². The van der Waals surface area contributed by atoms with Gasteiger partial charge < -0.3 is 19.4 Å². The van der Waals surface area contributed by atoms with Crippen LogP contribution in [0.2, 0.25) is 0 Å². The first-order valence-electron chi connectivity index (χ1n) is 10.7. The average Bonchev–Trinajstić information content (AvgIpc) is 3.40. The summed E-state index contributed by atoms with van der Waals surface area (Å²) in [5.74, 6) is 1.72. The summed E-state index contributed by atoms with van der Waals surface area (Å²) in [5, 5.41) is 4.06. The molecule has 1 saturated carbocycles. The third-order valence-corrected chi connectivity index (χ3v) is 6.44. The molecular formula is C23H30N2O4. The molecule has 1 atom stereocenters. The molecule has 29 heavy (non-hydrogen) atoms. The van der Waals surface area contributed by atoms with Crippen molar-refractivity contribution in [2.45, 2.75) is 45.4 Å². The maximum atomic E-state index is 13.2. The van der Waals surface area contributed by atoms with Crippen molar-refractivity contribution in [2.75, 3.05) is 26.7 Å². The van der Waals surface area contributed by atoms with Crippen molar-refractivity contribution in [3.63, 3.8) is 0 Å². The van der Waals surface area contributed by atoms with Crippen LogP contribution < -0.4 is 10.1 Å². The standard InChI is InChI=1S/C23H30N2O4/c1-15-19-10-9-18(28-2)12-20(19)29-21(15)23(27)25-11-5-6-16(14-25)13-24-22(26)17-7-3-4-8-17/h9-10,12,16-17H,3-8,11,13-14H2,1-2H3,(H,24,26). The molecule has 1 aliphatic heterocycles. The highest BCUT2D eigenvalue weighted by molar-refractivity contribution is 5.99. The number of methoxy groups -OCH3 is 1. The number of hydrogen-bond donors (Lipinski definition) is 1. The molecule has 2 aliphatic rings. The van der Waals surface area contributed by atoms with Crippen molar-refractivity contribution in [1.29, 1.82) is 0 Å². The van der Waals surface area contributed by atoms with Gasteiger partial charge in [-0.15, -0.1) is 0 Å². The number of rotatable bonds is 5. The second-order valence-electron chi connectivity index (χ2n) is 8.40. The van der Waals surface area contributed by atoms with E-state index in [1.54, 1.807) is 7.11 Å². The van der Waals surface area contributed by atoms with Gasteiger partial charge in [-0.05, 0) is 50.7 Å². The van der Waals surface area contributed by atoms with Gasteiger partial charge in [0.05, 0.1) is 7.11 Å². The summed E-state index contributed by atoms with van der Waals surface area (Å²) < 4.78 is 11.2. The number of benzene rings is 1. The fourth-order valence-corrected chi connectivity index (χ4v) is 4.67. The van der Waals surface area contributed by atoms with E-state index in [1.165, 1.54) is 0 Å². The summed E-state index contributed by atoms with van der Waals surface area (Å²) in [6, 6.07) is 5.63. The average molecular weight is 399 g/mol. The highest BCUT2D eigenvalue weighted by Gasteiger charge is 2.29. The predicted octanol–water partition coefficient (Wildman–Crippen LogP) is 3.91. The number of carbonyl (C=O) groups excluding carboxylic acids is 2. The van der Waals surface area contributed by atoms with Crippen LogP contribution in [0.1, 0.15) is 54.6 Å². The number of nitrogens with one attached hydrogen (secondary N) is 1. The maximum Gasteiger partial charge on any atom is 0.289 e. The Hall–Kier alpha value is -2.50. The summed E-state index contributed by atoms with van der Waals surface area (Å²) in [7, 11) is 1.61. The minimum atomic E-state index is -0.0653. The van der Waals surface area contributed by atoms with Crippen LogP contribution >= 0.6 is 0 Å². The number of ether oxygens (including phenoxy) is 1. The molecule has 1 unspecified atom stereocenters. The van der Waals surface area contributed by atoms with E-state index in [0.29, 0.717) is 36.1 Å². The van der Waals surface area contributed by atoms with E-state index in [0.717, 1.165) is 56.0 Å². The summed E-state index contributed by atoms with van der Waals surface area (Å²) in [4.78, 5) is 27.3. The molecular weight excluding hydrogens is 368 g/mol. The van der Waals surface area contributed by atoms with Crippen LogP contribution in [0.5, 0.6) is 5.75 Å². The third kappa shape index (κ3) is 4.11. The Balaban J connectivity index is 1.41. The van der Waals surface area contributed by atoms with Crippen LogP contribution in [-0.2, 0) is 4.79 Å². The molecule has 2 amide bonds. The highest BCUT2D eigenvalue weighted by Crippen LogP contribution is 2.30. The molecule has 2 aromatic rings. The SMILES string of the molecule is COc1ccc2c(C)c(C(=O)N3CCCC(CNC(=O)C4CCCC4)C3)oc2c1. The number of piperidine rings is 1. The topological polar surface area (TPSA) is 71.8 Å². The first-order chi connectivity index (χ1) is 14.1. The van der Waals surface area contributed by atoms with E-state index in [4.69, 9.17) is 9.15 Å². The Morgan fingerprint density at radius 3 is 2.76 bits per heavy atom. The summed E-state index contributed by atoms with van der Waals surface area (Å²) in [6.45, 7) is 3.96. The minimum Gasteiger partial charge on any atom is -0.497 e. The van der Waals surface area contributed by atoms with Crippen LogP contribution in [0.15, 0.2) is 22.6 Å². The van der Waals surface area contributed by atoms with Crippen LogP contribution in [0, 0.1) is 18.8 Å². The lowest BCUT2D eigenvalue weighted by Gasteiger charge is -2.32. The van der Waals surface area contributed by atoms with Crippen molar-refractivity contribution >= 4 is 22.8 Å². The molecule has 0 spiro atoms. The van der Waals surface area contributed by atoms with Crippen LogP contribution in [0.25, 0.3) is 11.0 Å². The molecule has 1 aromatic carbocycles. The van der Waals surface area contributed by atoms with E-state index < -0.39 is 0 Å². The molecule has 1 N–H and O–H groups in total. The first kappa shape index (κ1) is 19.8. The number of aryl methyl sites for hydroxylation is 1. The Kier molecular flexibility index (Phi) is 5.79. The molecule has 6 heteroatoms. The number of likely N-dealkylation sites (tertiary alicyclic amines) is 1. The largest absolute Gasteiger partial charge is 0.497 e. The van der Waals surface area contributed by atoms with Crippen LogP contribution in [0.4, 0.5) is 0 Å². The van der Waals surface area contributed by atoms with Crippen molar-refractivity contribution in [1.82, 2.24) is 10.2 Å². The summed E-state index contributed by atoms with van der Waals surface area (Å²) in [6.07, 6.45) is 6.32. The van der Waals surface area contributed by atoms with E-state index in [2.05, 4.69) is 5.32 Å². The molecule has 2 fully saturated rings. The van der Waals surface area contributed by atoms with Crippen molar-refractivity contribution < 1.29 is 18.7 Å². The smallest absolute Gasteiger partial charge is 0.289 e. The van der Waals surface area contributed by atoms with Crippen molar-refractivity contribution in [3.8, 4) is 5.75 Å². The Morgan fingerprint density at radius 2 is 2.00 bits per heavy atom. The van der Waals surface area contributed by atoms with Gasteiger partial charge in [0.25, 0.3) is 5.91 Å². The Bertz CT molecular complexity index is 898. The van der Waals surface area contributed by atoms with E-state index in [1.807, 2.05) is 30.0 Å². The lowest BCUT2D eigenvalue weighted by molar-refractivity contribution is -0.125. The van der Waals surface area contributed by atoms with Gasteiger partial charge in [0.15, 0.2) is 5.76 Å². The third-order valence-electron chi connectivity index (χ3n) is 6.44. The van der Waals surface area contributed by atoms with Gasteiger partial charge in [-0.3, -0.25) is 9.59 Å². The minimum absolute atomic E-state index is 0.0653. The summed E-state index contributed by atoms with van der Waals surface area (Å²) in [5.41, 5.74) is 1.53. The van der Waals surface area contributed by atoms with Gasteiger partial charge in [-0.2, -0.15) is 0 Å². The molecule has 1 aromatic heterocycles. The molecule has 4 rings (SSSR count). The lowest BCUT2D eigenvalue weighted by Crippen LogP contribution is -2.44. The molecule has 0 radical (unpaired) electrons. The number of amides is 2. The van der Waals surface area contributed by atoms with Gasteiger partial charge in [-0.1, -0.05) is 12.8 Å².